The van der Waals surface area contributed by atoms with Crippen LogP contribution in [0, 0.1) is 36.0 Å². The van der Waals surface area contributed by atoms with Crippen LogP contribution in [0.25, 0.3) is 0 Å². The van der Waals surface area contributed by atoms with Gasteiger partial charge in [-0.1, -0.05) is 42.5 Å². The Morgan fingerprint density at radius 2 is 1.32 bits per heavy atom. The van der Waals surface area contributed by atoms with Gasteiger partial charge in [0.05, 0.1) is 13.2 Å². The van der Waals surface area contributed by atoms with Crippen molar-refractivity contribution in [3.05, 3.63) is 94.8 Å². The maximum Gasteiger partial charge on any atom is 0.382 e. The average molecular weight is 499 g/mol. The second-order valence-electron chi connectivity index (χ2n) is 8.07. The Morgan fingerprint density at radius 3 is 1.94 bits per heavy atom. The van der Waals surface area contributed by atoms with Crippen LogP contribution < -0.4 is 14.1 Å². The molecule has 0 amide bonds. The van der Waals surface area contributed by atoms with Crippen molar-refractivity contribution in [2.24, 2.45) is 0 Å². The molecule has 0 radical (unpaired) electrons. The Morgan fingerprint density at radius 1 is 0.765 bits per heavy atom. The van der Waals surface area contributed by atoms with Crippen molar-refractivity contribution in [2.45, 2.75) is 32.9 Å². The molecular weight excluding hydrogens is 476 g/mol. The predicted molar refractivity (Wildman–Crippen MR) is 119 cm³/mol. The fourth-order valence-electron chi connectivity index (χ4n) is 2.86. The number of nitrogens with one attached hydrogen (secondary N) is 1. The summed E-state index contributed by atoms with van der Waals surface area (Å²) in [6.45, 7) is 5.83. The van der Waals surface area contributed by atoms with Gasteiger partial charge in [-0.2, -0.15) is 8.78 Å². The van der Waals surface area contributed by atoms with Crippen molar-refractivity contribution >= 4 is 8.53 Å². The van der Waals surface area contributed by atoms with Gasteiger partial charge in [-0.25, -0.2) is 18.3 Å². The first kappa shape index (κ1) is 25.9. The van der Waals surface area contributed by atoms with Gasteiger partial charge in [0, 0.05) is 5.54 Å². The number of halogens is 5. The van der Waals surface area contributed by atoms with Gasteiger partial charge in [0.25, 0.3) is 0 Å². The Hall–Kier alpha value is -2.74. The van der Waals surface area contributed by atoms with Gasteiger partial charge in [-0.15, -0.1) is 0 Å². The van der Waals surface area contributed by atoms with E-state index in [1.807, 2.05) is 31.2 Å². The van der Waals surface area contributed by atoms with Crippen LogP contribution in [-0.4, -0.2) is 12.1 Å². The van der Waals surface area contributed by atoms with Crippen LogP contribution in [0.1, 0.15) is 25.0 Å². The zero-order valence-corrected chi connectivity index (χ0v) is 19.6. The van der Waals surface area contributed by atoms with Crippen LogP contribution in [-0.2, 0) is 11.3 Å². The third-order valence-corrected chi connectivity index (χ3v) is 6.16. The van der Waals surface area contributed by atoms with Gasteiger partial charge in [0.15, 0.2) is 0 Å². The van der Waals surface area contributed by atoms with Gasteiger partial charge < -0.3 is 13.8 Å². The van der Waals surface area contributed by atoms with E-state index in [1.54, 1.807) is 44.2 Å². The third kappa shape index (κ3) is 6.44. The molecule has 0 bridgehead atoms. The Bertz CT molecular complexity index is 1100. The number of hydrogen-bond donors (Lipinski definition) is 1. The minimum Gasteiger partial charge on any atom is -0.427 e. The molecule has 0 aliphatic carbocycles. The van der Waals surface area contributed by atoms with Crippen LogP contribution in [0.2, 0.25) is 0 Å². The first-order chi connectivity index (χ1) is 16.1. The van der Waals surface area contributed by atoms with Crippen LogP contribution >= 0.6 is 8.53 Å². The summed E-state index contributed by atoms with van der Waals surface area (Å²) in [5, 5.41) is 2.92. The summed E-state index contributed by atoms with van der Waals surface area (Å²) in [7, 11) is -2.41. The molecule has 3 rings (SSSR count). The summed E-state index contributed by atoms with van der Waals surface area (Å²) < 4.78 is 85.8. The first-order valence-corrected chi connectivity index (χ1v) is 11.4. The van der Waals surface area contributed by atoms with Crippen LogP contribution in [0.3, 0.4) is 0 Å². The zero-order chi connectivity index (χ0) is 24.9. The number of aryl methyl sites for hydroxylation is 1. The summed E-state index contributed by atoms with van der Waals surface area (Å²) in [5.74, 6) is -11.8. The van der Waals surface area contributed by atoms with Crippen LogP contribution in [0.5, 0.6) is 11.5 Å². The molecule has 0 saturated carbocycles. The fourth-order valence-corrected chi connectivity index (χ4v) is 4.18. The van der Waals surface area contributed by atoms with Gasteiger partial charge in [0.1, 0.15) is 5.75 Å². The molecule has 0 aliphatic rings. The summed E-state index contributed by atoms with van der Waals surface area (Å²) in [4.78, 5) is 0. The maximum absolute atomic E-state index is 14.2. The number of benzene rings is 3. The lowest BCUT2D eigenvalue weighted by molar-refractivity contribution is 0.0779. The zero-order valence-electron chi connectivity index (χ0n) is 18.7. The number of rotatable bonds is 10. The van der Waals surface area contributed by atoms with Crippen molar-refractivity contribution in [2.75, 3.05) is 6.61 Å². The molecular formula is C24H23F5NO3P. The smallest absolute Gasteiger partial charge is 0.382 e. The van der Waals surface area contributed by atoms with E-state index >= 15 is 0 Å². The SMILES string of the molecule is Cc1ccccc1COCC(C)(C)NP(Oc1ccccc1)Oc1c(F)c(F)c(F)c(F)c1F. The minimum absolute atomic E-state index is 0.124. The van der Waals surface area contributed by atoms with Crippen molar-refractivity contribution in [1.82, 2.24) is 5.09 Å². The van der Waals surface area contributed by atoms with Crippen LogP contribution in [0.15, 0.2) is 54.6 Å². The summed E-state index contributed by atoms with van der Waals surface area (Å²) in [5.41, 5.74) is 1.17. The average Bonchev–Trinajstić information content (AvgIpc) is 2.81. The normalized spacial score (nSPS) is 12.5. The molecule has 1 atom stereocenters. The van der Waals surface area contributed by atoms with E-state index in [4.69, 9.17) is 13.8 Å². The first-order valence-electron chi connectivity index (χ1n) is 10.2. The molecule has 0 aromatic heterocycles. The van der Waals surface area contributed by atoms with E-state index < -0.39 is 48.9 Å². The maximum atomic E-state index is 14.2. The molecule has 0 heterocycles. The van der Waals surface area contributed by atoms with Gasteiger partial charge in [-0.05, 0) is 44.0 Å². The molecule has 3 aromatic carbocycles. The highest BCUT2D eigenvalue weighted by Gasteiger charge is 2.33. The second-order valence-corrected chi connectivity index (χ2v) is 9.17. The molecule has 1 unspecified atom stereocenters. The monoisotopic (exact) mass is 499 g/mol. The highest BCUT2D eigenvalue weighted by Crippen LogP contribution is 2.42. The van der Waals surface area contributed by atoms with E-state index in [2.05, 4.69) is 5.09 Å². The van der Waals surface area contributed by atoms with E-state index in [9.17, 15) is 22.0 Å². The molecule has 4 nitrogen and oxygen atoms in total. The molecule has 3 aromatic rings. The largest absolute Gasteiger partial charge is 0.427 e. The minimum atomic E-state index is -2.41. The molecule has 10 heteroatoms. The molecule has 0 spiro atoms. The Labute approximate surface area is 195 Å². The van der Waals surface area contributed by atoms with Gasteiger partial charge in [-0.3, -0.25) is 0 Å². The number of para-hydroxylation sites is 1. The molecule has 34 heavy (non-hydrogen) atoms. The van der Waals surface area contributed by atoms with E-state index in [0.717, 1.165) is 11.1 Å². The van der Waals surface area contributed by atoms with E-state index in [1.165, 1.54) is 0 Å². The van der Waals surface area contributed by atoms with Gasteiger partial charge in [0.2, 0.25) is 34.8 Å². The molecule has 0 saturated heterocycles. The molecule has 0 aliphatic heterocycles. The highest BCUT2D eigenvalue weighted by molar-refractivity contribution is 7.45. The lowest BCUT2D eigenvalue weighted by atomic mass is 10.1. The van der Waals surface area contributed by atoms with Crippen molar-refractivity contribution < 1.29 is 35.7 Å². The van der Waals surface area contributed by atoms with E-state index in [0.29, 0.717) is 6.61 Å². The lowest BCUT2D eigenvalue weighted by Gasteiger charge is -2.30. The Balaban J connectivity index is 1.79. The van der Waals surface area contributed by atoms with Gasteiger partial charge >= 0.3 is 8.53 Å². The van der Waals surface area contributed by atoms with Crippen molar-refractivity contribution in [3.8, 4) is 11.5 Å². The highest BCUT2D eigenvalue weighted by atomic mass is 31.2. The molecule has 1 N–H and O–H groups in total. The number of hydrogen-bond acceptors (Lipinski definition) is 4. The summed E-state index contributed by atoms with van der Waals surface area (Å²) >= 11 is 0. The molecule has 182 valence electrons. The summed E-state index contributed by atoms with van der Waals surface area (Å²) in [6, 6.07) is 15.8. The fraction of sp³-hybridized carbons (Fsp3) is 0.250. The van der Waals surface area contributed by atoms with Crippen LogP contribution in [0.4, 0.5) is 22.0 Å². The quantitative estimate of drug-likeness (QED) is 0.142. The predicted octanol–water partition coefficient (Wildman–Crippen LogP) is 6.96. The van der Waals surface area contributed by atoms with Crippen molar-refractivity contribution in [1.29, 1.82) is 0 Å². The third-order valence-electron chi connectivity index (χ3n) is 4.65. The van der Waals surface area contributed by atoms with E-state index in [-0.39, 0.29) is 12.4 Å². The Kier molecular flexibility index (Phi) is 8.47. The molecule has 0 fully saturated rings. The lowest BCUT2D eigenvalue weighted by Crippen LogP contribution is -2.42. The topological polar surface area (TPSA) is 39.7 Å². The standard InChI is InChI=1S/C24H23F5NO3P/c1-15-9-7-8-10-16(15)13-31-14-24(2,3)30-34(32-17-11-5-4-6-12-17)33-23-21(28)19(26)18(25)20(27)22(23)29/h4-12,30H,13-14H2,1-3H3. The number of ether oxygens (including phenoxy) is 1. The summed E-state index contributed by atoms with van der Waals surface area (Å²) in [6.07, 6.45) is 0. The van der Waals surface area contributed by atoms with Crippen molar-refractivity contribution in [3.63, 3.8) is 0 Å². The second kappa shape index (κ2) is 11.1.